The molecule has 0 aromatic carbocycles. The van der Waals surface area contributed by atoms with Crippen LogP contribution in [-0.2, 0) is 6.54 Å². The number of hydrogen-bond donors (Lipinski definition) is 0. The van der Waals surface area contributed by atoms with Crippen LogP contribution in [0.4, 0.5) is 0 Å². The summed E-state index contributed by atoms with van der Waals surface area (Å²) >= 11 is 5.75. The second-order valence-electron chi connectivity index (χ2n) is 2.79. The van der Waals surface area contributed by atoms with Gasteiger partial charge in [-0.25, -0.2) is 9.97 Å². The molecule has 0 unspecified atom stereocenters. The first-order valence-electron chi connectivity index (χ1n) is 4.45. The van der Waals surface area contributed by atoms with E-state index in [2.05, 4.69) is 28.7 Å². The molecule has 0 aliphatic rings. The third-order valence-electron chi connectivity index (χ3n) is 1.97. The van der Waals surface area contributed by atoms with Crippen molar-refractivity contribution in [1.29, 1.82) is 0 Å². The average molecular weight is 200 g/mol. The van der Waals surface area contributed by atoms with Crippen LogP contribution < -0.4 is 0 Å². The lowest BCUT2D eigenvalue weighted by Crippen LogP contribution is -2.22. The summed E-state index contributed by atoms with van der Waals surface area (Å²) in [5, 5.41) is 0.511. The van der Waals surface area contributed by atoms with Crippen LogP contribution >= 0.6 is 11.6 Å². The molecule has 0 atom stereocenters. The quantitative estimate of drug-likeness (QED) is 0.695. The van der Waals surface area contributed by atoms with Gasteiger partial charge in [0.15, 0.2) is 0 Å². The molecule has 3 nitrogen and oxygen atoms in total. The molecule has 0 aliphatic heterocycles. The summed E-state index contributed by atoms with van der Waals surface area (Å²) in [6.07, 6.45) is 1.50. The van der Waals surface area contributed by atoms with Crippen molar-refractivity contribution < 1.29 is 0 Å². The van der Waals surface area contributed by atoms with Gasteiger partial charge in [-0.15, -0.1) is 0 Å². The van der Waals surface area contributed by atoms with Crippen molar-refractivity contribution in [1.82, 2.24) is 14.9 Å². The minimum atomic E-state index is 0.511. The Morgan fingerprint density at radius 2 is 2.00 bits per heavy atom. The van der Waals surface area contributed by atoms with Crippen molar-refractivity contribution in [2.24, 2.45) is 0 Å². The van der Waals surface area contributed by atoms with Crippen molar-refractivity contribution in [2.75, 3.05) is 13.1 Å². The molecular weight excluding hydrogens is 186 g/mol. The van der Waals surface area contributed by atoms with Crippen molar-refractivity contribution >= 4 is 11.6 Å². The Kier molecular flexibility index (Phi) is 4.12. The number of aromatic nitrogens is 2. The normalized spacial score (nSPS) is 10.8. The average Bonchev–Trinajstić information content (AvgIpc) is 2.14. The van der Waals surface area contributed by atoms with E-state index < -0.39 is 0 Å². The smallest absolute Gasteiger partial charge is 0.132 e. The van der Waals surface area contributed by atoms with E-state index in [9.17, 15) is 0 Å². The van der Waals surface area contributed by atoms with Gasteiger partial charge in [-0.05, 0) is 19.2 Å². The predicted molar refractivity (Wildman–Crippen MR) is 53.7 cm³/mol. The van der Waals surface area contributed by atoms with Crippen LogP contribution in [0.25, 0.3) is 0 Å². The highest BCUT2D eigenvalue weighted by molar-refractivity contribution is 6.29. The van der Waals surface area contributed by atoms with E-state index in [0.29, 0.717) is 5.15 Å². The first kappa shape index (κ1) is 10.4. The molecule has 1 aromatic rings. The van der Waals surface area contributed by atoms with E-state index in [1.165, 1.54) is 6.33 Å². The van der Waals surface area contributed by atoms with Crippen molar-refractivity contribution in [2.45, 2.75) is 20.4 Å². The molecule has 0 aliphatic carbocycles. The highest BCUT2D eigenvalue weighted by Gasteiger charge is 2.02. The molecule has 0 N–H and O–H groups in total. The number of nitrogens with zero attached hydrogens (tertiary/aromatic N) is 3. The number of rotatable bonds is 4. The Morgan fingerprint density at radius 3 is 2.54 bits per heavy atom. The second-order valence-corrected chi connectivity index (χ2v) is 3.18. The molecule has 0 amide bonds. The summed E-state index contributed by atoms with van der Waals surface area (Å²) in [5.74, 6) is 0. The van der Waals surface area contributed by atoms with Gasteiger partial charge in [0.1, 0.15) is 11.5 Å². The van der Waals surface area contributed by atoms with E-state index in [4.69, 9.17) is 11.6 Å². The van der Waals surface area contributed by atoms with Gasteiger partial charge >= 0.3 is 0 Å². The molecule has 13 heavy (non-hydrogen) atoms. The summed E-state index contributed by atoms with van der Waals surface area (Å²) in [4.78, 5) is 10.2. The summed E-state index contributed by atoms with van der Waals surface area (Å²) in [5.41, 5.74) is 0.976. The maximum atomic E-state index is 5.75. The van der Waals surface area contributed by atoms with Crippen LogP contribution in [0.5, 0.6) is 0 Å². The maximum Gasteiger partial charge on any atom is 0.132 e. The summed E-state index contributed by atoms with van der Waals surface area (Å²) < 4.78 is 0. The third kappa shape index (κ3) is 3.28. The van der Waals surface area contributed by atoms with Gasteiger partial charge in [0.25, 0.3) is 0 Å². The predicted octanol–water partition coefficient (Wildman–Crippen LogP) is 1.97. The lowest BCUT2D eigenvalue weighted by atomic mass is 10.3. The zero-order valence-electron chi connectivity index (χ0n) is 8.00. The maximum absolute atomic E-state index is 5.75. The van der Waals surface area contributed by atoms with E-state index in [1.54, 1.807) is 6.07 Å². The Morgan fingerprint density at radius 1 is 1.31 bits per heavy atom. The Hall–Kier alpha value is -0.670. The zero-order chi connectivity index (χ0) is 9.68. The molecule has 72 valence electrons. The van der Waals surface area contributed by atoms with Crippen LogP contribution in [0.1, 0.15) is 19.5 Å². The molecule has 1 rings (SSSR count). The Balaban J connectivity index is 2.62. The van der Waals surface area contributed by atoms with E-state index in [-0.39, 0.29) is 0 Å². The minimum Gasteiger partial charge on any atom is -0.298 e. The summed E-state index contributed by atoms with van der Waals surface area (Å²) in [6.45, 7) is 7.16. The summed E-state index contributed by atoms with van der Waals surface area (Å²) in [6, 6.07) is 1.81. The van der Waals surface area contributed by atoms with Gasteiger partial charge < -0.3 is 0 Å². The SMILES string of the molecule is CCN(CC)Cc1cc(Cl)ncn1. The Bertz CT molecular complexity index is 261. The fourth-order valence-electron chi connectivity index (χ4n) is 1.13. The van der Waals surface area contributed by atoms with Crippen molar-refractivity contribution in [3.63, 3.8) is 0 Å². The molecule has 0 saturated carbocycles. The van der Waals surface area contributed by atoms with Gasteiger partial charge in [0.05, 0.1) is 5.69 Å². The van der Waals surface area contributed by atoms with Crippen LogP contribution in [-0.4, -0.2) is 28.0 Å². The largest absolute Gasteiger partial charge is 0.298 e. The van der Waals surface area contributed by atoms with Crippen LogP contribution in [0, 0.1) is 0 Å². The second kappa shape index (κ2) is 5.14. The first-order valence-corrected chi connectivity index (χ1v) is 4.82. The minimum absolute atomic E-state index is 0.511. The van der Waals surface area contributed by atoms with E-state index in [1.807, 2.05) is 0 Å². The van der Waals surface area contributed by atoms with Crippen molar-refractivity contribution in [3.05, 3.63) is 23.2 Å². The van der Waals surface area contributed by atoms with Crippen LogP contribution in [0.15, 0.2) is 12.4 Å². The topological polar surface area (TPSA) is 29.0 Å². The molecule has 0 radical (unpaired) electrons. The zero-order valence-corrected chi connectivity index (χ0v) is 8.75. The van der Waals surface area contributed by atoms with Gasteiger partial charge in [0.2, 0.25) is 0 Å². The number of hydrogen-bond acceptors (Lipinski definition) is 3. The van der Waals surface area contributed by atoms with E-state index >= 15 is 0 Å². The first-order chi connectivity index (χ1) is 6.26. The van der Waals surface area contributed by atoms with Crippen LogP contribution in [0.2, 0.25) is 5.15 Å². The summed E-state index contributed by atoms with van der Waals surface area (Å²) in [7, 11) is 0. The third-order valence-corrected chi connectivity index (χ3v) is 2.18. The number of halogens is 1. The molecule has 0 bridgehead atoms. The van der Waals surface area contributed by atoms with Crippen LogP contribution in [0.3, 0.4) is 0 Å². The highest BCUT2D eigenvalue weighted by Crippen LogP contribution is 2.06. The lowest BCUT2D eigenvalue weighted by Gasteiger charge is -2.16. The monoisotopic (exact) mass is 199 g/mol. The molecule has 0 fully saturated rings. The fourth-order valence-corrected chi connectivity index (χ4v) is 1.30. The van der Waals surface area contributed by atoms with Gasteiger partial charge in [-0.1, -0.05) is 25.4 Å². The molecular formula is C9H14ClN3. The van der Waals surface area contributed by atoms with Gasteiger partial charge in [-0.2, -0.15) is 0 Å². The molecule has 0 saturated heterocycles. The standard InChI is InChI=1S/C9H14ClN3/c1-3-13(4-2)6-8-5-9(10)12-7-11-8/h5,7H,3-4,6H2,1-2H3. The molecule has 1 heterocycles. The van der Waals surface area contributed by atoms with Crippen molar-refractivity contribution in [3.8, 4) is 0 Å². The lowest BCUT2D eigenvalue weighted by molar-refractivity contribution is 0.292. The highest BCUT2D eigenvalue weighted by atomic mass is 35.5. The van der Waals surface area contributed by atoms with Gasteiger partial charge in [0, 0.05) is 6.54 Å². The van der Waals surface area contributed by atoms with E-state index in [0.717, 1.165) is 25.3 Å². The van der Waals surface area contributed by atoms with Gasteiger partial charge in [-0.3, -0.25) is 4.90 Å². The fraction of sp³-hybridized carbons (Fsp3) is 0.556. The molecule has 0 spiro atoms. The Labute approximate surface area is 83.8 Å². The molecule has 1 aromatic heterocycles. The molecule has 4 heteroatoms.